The van der Waals surface area contributed by atoms with Crippen molar-refractivity contribution in [1.82, 2.24) is 0 Å². The lowest BCUT2D eigenvalue weighted by molar-refractivity contribution is -0.116. The van der Waals surface area contributed by atoms with E-state index >= 15 is 0 Å². The van der Waals surface area contributed by atoms with Gasteiger partial charge in [-0.15, -0.1) is 0 Å². The molecular formula is C18H19NO2. The van der Waals surface area contributed by atoms with Crippen LogP contribution in [0.25, 0.3) is 0 Å². The second kappa shape index (κ2) is 5.34. The van der Waals surface area contributed by atoms with Crippen molar-refractivity contribution < 1.29 is 9.90 Å². The van der Waals surface area contributed by atoms with Gasteiger partial charge in [0.05, 0.1) is 0 Å². The van der Waals surface area contributed by atoms with E-state index in [1.807, 2.05) is 50.2 Å². The summed E-state index contributed by atoms with van der Waals surface area (Å²) in [6, 6.07) is 11.9. The van der Waals surface area contributed by atoms with Gasteiger partial charge in [-0.2, -0.15) is 0 Å². The number of rotatable bonds is 2. The van der Waals surface area contributed by atoms with E-state index in [1.165, 1.54) is 0 Å². The molecule has 2 aromatic carbocycles. The molecule has 3 nitrogen and oxygen atoms in total. The number of hydrogen-bond donors (Lipinski definition) is 2. The molecule has 1 amide bonds. The summed E-state index contributed by atoms with van der Waals surface area (Å²) in [6.07, 6.45) is 0.609. The number of carbonyl (C=O) groups is 1. The minimum absolute atomic E-state index is 0.0605. The van der Waals surface area contributed by atoms with Gasteiger partial charge in [-0.25, -0.2) is 0 Å². The largest absolute Gasteiger partial charge is 0.384 e. The van der Waals surface area contributed by atoms with Crippen molar-refractivity contribution in [2.45, 2.75) is 32.8 Å². The van der Waals surface area contributed by atoms with Gasteiger partial charge in [-0.05, 0) is 48.6 Å². The number of benzene rings is 2. The second-order valence-electron chi connectivity index (χ2n) is 5.73. The van der Waals surface area contributed by atoms with Crippen molar-refractivity contribution in [3.8, 4) is 0 Å². The topological polar surface area (TPSA) is 49.3 Å². The summed E-state index contributed by atoms with van der Waals surface area (Å²) in [7, 11) is 0. The zero-order valence-corrected chi connectivity index (χ0v) is 12.3. The first-order valence-electron chi connectivity index (χ1n) is 7.22. The van der Waals surface area contributed by atoms with E-state index in [1.54, 1.807) is 0 Å². The first kappa shape index (κ1) is 13.8. The number of carbonyl (C=O) groups excluding carboxylic acids is 1. The van der Waals surface area contributed by atoms with Gasteiger partial charge in [0, 0.05) is 12.1 Å². The average Bonchev–Trinajstić information content (AvgIpc) is 2.48. The first-order chi connectivity index (χ1) is 10.0. The molecule has 0 aliphatic carbocycles. The standard InChI is InChI=1S/C18H19NO2/c1-11-3-4-12(2)15(9-11)18(21)14-5-7-16-13(10-14)6-8-17(20)19-16/h3-5,7,9-10,18,21H,6,8H2,1-2H3,(H,19,20). The zero-order valence-electron chi connectivity index (χ0n) is 12.3. The molecule has 1 unspecified atom stereocenters. The van der Waals surface area contributed by atoms with Gasteiger partial charge >= 0.3 is 0 Å². The third-order valence-corrected chi connectivity index (χ3v) is 4.07. The zero-order chi connectivity index (χ0) is 15.0. The van der Waals surface area contributed by atoms with E-state index in [9.17, 15) is 9.90 Å². The first-order valence-corrected chi connectivity index (χ1v) is 7.22. The third kappa shape index (κ3) is 2.69. The van der Waals surface area contributed by atoms with Gasteiger partial charge in [0.15, 0.2) is 0 Å². The van der Waals surface area contributed by atoms with Crippen molar-refractivity contribution in [2.24, 2.45) is 0 Å². The third-order valence-electron chi connectivity index (χ3n) is 4.07. The summed E-state index contributed by atoms with van der Waals surface area (Å²) >= 11 is 0. The molecule has 0 fully saturated rings. The van der Waals surface area contributed by atoms with Crippen molar-refractivity contribution in [3.63, 3.8) is 0 Å². The number of aliphatic hydroxyl groups is 1. The van der Waals surface area contributed by atoms with Gasteiger partial charge in [-0.1, -0.05) is 35.9 Å². The van der Waals surface area contributed by atoms with Crippen LogP contribution in [0, 0.1) is 13.8 Å². The summed E-state index contributed by atoms with van der Waals surface area (Å²) in [5, 5.41) is 13.5. The number of amides is 1. The molecule has 3 rings (SSSR count). The molecule has 0 aromatic heterocycles. The Labute approximate surface area is 124 Å². The molecule has 108 valence electrons. The van der Waals surface area contributed by atoms with Crippen LogP contribution >= 0.6 is 0 Å². The maximum absolute atomic E-state index is 11.4. The van der Waals surface area contributed by atoms with Crippen LogP contribution in [0.5, 0.6) is 0 Å². The number of nitrogens with one attached hydrogen (secondary N) is 1. The molecule has 2 aromatic rings. The molecule has 1 heterocycles. The highest BCUT2D eigenvalue weighted by Gasteiger charge is 2.18. The highest BCUT2D eigenvalue weighted by molar-refractivity contribution is 5.93. The predicted molar refractivity (Wildman–Crippen MR) is 83.4 cm³/mol. The highest BCUT2D eigenvalue weighted by atomic mass is 16.3. The monoisotopic (exact) mass is 281 g/mol. The molecular weight excluding hydrogens is 262 g/mol. The van der Waals surface area contributed by atoms with Crippen molar-refractivity contribution in [1.29, 1.82) is 0 Å². The maximum Gasteiger partial charge on any atom is 0.224 e. The van der Waals surface area contributed by atoms with E-state index in [-0.39, 0.29) is 5.91 Å². The minimum Gasteiger partial charge on any atom is -0.384 e. The van der Waals surface area contributed by atoms with Crippen molar-refractivity contribution in [3.05, 3.63) is 64.2 Å². The fourth-order valence-corrected chi connectivity index (χ4v) is 2.81. The van der Waals surface area contributed by atoms with Gasteiger partial charge < -0.3 is 10.4 Å². The van der Waals surface area contributed by atoms with Crippen LogP contribution in [0.2, 0.25) is 0 Å². The second-order valence-corrected chi connectivity index (χ2v) is 5.73. The number of hydrogen-bond acceptors (Lipinski definition) is 2. The summed E-state index contributed by atoms with van der Waals surface area (Å²) < 4.78 is 0. The van der Waals surface area contributed by atoms with Gasteiger partial charge in [0.2, 0.25) is 5.91 Å². The average molecular weight is 281 g/mol. The van der Waals surface area contributed by atoms with Crippen LogP contribution in [-0.4, -0.2) is 11.0 Å². The smallest absolute Gasteiger partial charge is 0.224 e. The predicted octanol–water partition coefficient (Wildman–Crippen LogP) is 3.27. The Balaban J connectivity index is 1.97. The quantitative estimate of drug-likeness (QED) is 0.887. The van der Waals surface area contributed by atoms with E-state index < -0.39 is 6.10 Å². The Morgan fingerprint density at radius 1 is 1.10 bits per heavy atom. The van der Waals surface area contributed by atoms with Crippen LogP contribution in [0.15, 0.2) is 36.4 Å². The molecule has 3 heteroatoms. The molecule has 1 aliphatic rings. The molecule has 0 saturated heterocycles. The van der Waals surface area contributed by atoms with Crippen molar-refractivity contribution >= 4 is 11.6 Å². The molecule has 0 bridgehead atoms. The van der Waals surface area contributed by atoms with Crippen LogP contribution in [-0.2, 0) is 11.2 Å². The fourth-order valence-electron chi connectivity index (χ4n) is 2.81. The van der Waals surface area contributed by atoms with Crippen LogP contribution in [0.3, 0.4) is 0 Å². The van der Waals surface area contributed by atoms with E-state index in [0.717, 1.165) is 39.9 Å². The SMILES string of the molecule is Cc1ccc(C)c(C(O)c2ccc3c(c2)CCC(=O)N3)c1. The molecule has 0 spiro atoms. The van der Waals surface area contributed by atoms with E-state index in [0.29, 0.717) is 6.42 Å². The van der Waals surface area contributed by atoms with Gasteiger partial charge in [0.1, 0.15) is 6.10 Å². The molecule has 2 N–H and O–H groups in total. The summed E-state index contributed by atoms with van der Waals surface area (Å²) in [4.78, 5) is 11.4. The van der Waals surface area contributed by atoms with Gasteiger partial charge in [0.25, 0.3) is 0 Å². The Kier molecular flexibility index (Phi) is 3.52. The van der Waals surface area contributed by atoms with Gasteiger partial charge in [-0.3, -0.25) is 4.79 Å². The van der Waals surface area contributed by atoms with Crippen molar-refractivity contribution in [2.75, 3.05) is 5.32 Å². The van der Waals surface area contributed by atoms with Crippen LogP contribution in [0.4, 0.5) is 5.69 Å². The lowest BCUT2D eigenvalue weighted by atomic mass is 9.93. The summed E-state index contributed by atoms with van der Waals surface area (Å²) in [6.45, 7) is 4.04. The number of aryl methyl sites for hydroxylation is 3. The molecule has 0 saturated carbocycles. The van der Waals surface area contributed by atoms with Crippen LogP contribution in [0.1, 0.15) is 40.3 Å². The normalized spacial score (nSPS) is 15.3. The lowest BCUT2D eigenvalue weighted by Gasteiger charge is -2.20. The van der Waals surface area contributed by atoms with E-state index in [4.69, 9.17) is 0 Å². The number of fused-ring (bicyclic) bond motifs is 1. The molecule has 1 aliphatic heterocycles. The lowest BCUT2D eigenvalue weighted by Crippen LogP contribution is -2.19. The Morgan fingerprint density at radius 2 is 1.90 bits per heavy atom. The van der Waals surface area contributed by atoms with Crippen LogP contribution < -0.4 is 5.32 Å². The molecule has 21 heavy (non-hydrogen) atoms. The minimum atomic E-state index is -0.632. The Hall–Kier alpha value is -2.13. The molecule has 0 radical (unpaired) electrons. The van der Waals surface area contributed by atoms with E-state index in [2.05, 4.69) is 5.32 Å². The number of anilines is 1. The Bertz CT molecular complexity index is 706. The maximum atomic E-state index is 11.4. The summed E-state index contributed by atoms with van der Waals surface area (Å²) in [5.41, 5.74) is 5.99. The Morgan fingerprint density at radius 3 is 2.71 bits per heavy atom. The molecule has 1 atom stereocenters. The highest BCUT2D eigenvalue weighted by Crippen LogP contribution is 2.30. The summed E-state index contributed by atoms with van der Waals surface area (Å²) in [5.74, 6) is 0.0605. The fraction of sp³-hybridized carbons (Fsp3) is 0.278. The number of aliphatic hydroxyl groups excluding tert-OH is 1.